The number of nitrogens with one attached hydrogen (secondary N) is 1. The molecule has 3 nitrogen and oxygen atoms in total. The van der Waals surface area contributed by atoms with E-state index in [1.165, 1.54) is 0 Å². The number of aromatic nitrogens is 2. The van der Waals surface area contributed by atoms with Gasteiger partial charge in [-0.25, -0.2) is 0 Å². The van der Waals surface area contributed by atoms with Crippen molar-refractivity contribution < 1.29 is 0 Å². The van der Waals surface area contributed by atoms with Crippen LogP contribution < -0.4 is 5.32 Å². The molecule has 0 bridgehead atoms. The summed E-state index contributed by atoms with van der Waals surface area (Å²) >= 11 is 6.16. The van der Waals surface area contributed by atoms with E-state index in [0.29, 0.717) is 11.8 Å². The predicted octanol–water partition coefficient (Wildman–Crippen LogP) is 2.52. The van der Waals surface area contributed by atoms with Crippen LogP contribution in [0.5, 0.6) is 0 Å². The van der Waals surface area contributed by atoms with Gasteiger partial charge in [0, 0.05) is 12.5 Å². The fourth-order valence-electron chi connectivity index (χ4n) is 1.84. The van der Waals surface area contributed by atoms with Gasteiger partial charge in [-0.2, -0.15) is 5.10 Å². The molecule has 1 rings (SSSR count). The third-order valence-corrected chi connectivity index (χ3v) is 3.23. The van der Waals surface area contributed by atoms with Crippen LogP contribution in [0.25, 0.3) is 0 Å². The van der Waals surface area contributed by atoms with Crippen LogP contribution in [0.3, 0.4) is 0 Å². The summed E-state index contributed by atoms with van der Waals surface area (Å²) in [6.45, 7) is 8.38. The quantitative estimate of drug-likeness (QED) is 0.841. The largest absolute Gasteiger partial charge is 0.319 e. The minimum Gasteiger partial charge on any atom is -0.319 e. The number of nitrogens with zero attached hydrogens (tertiary/aromatic N) is 2. The van der Waals surface area contributed by atoms with Gasteiger partial charge in [0.15, 0.2) is 0 Å². The minimum atomic E-state index is 0.424. The number of hydrogen-bond donors (Lipinski definition) is 1. The van der Waals surface area contributed by atoms with Crippen molar-refractivity contribution in [2.45, 2.75) is 33.2 Å². The molecule has 0 aliphatic carbocycles. The highest BCUT2D eigenvalue weighted by Crippen LogP contribution is 2.29. The molecule has 0 amide bonds. The molecule has 2 atom stereocenters. The Morgan fingerprint density at radius 2 is 2.20 bits per heavy atom. The van der Waals surface area contributed by atoms with E-state index in [4.69, 9.17) is 11.6 Å². The summed E-state index contributed by atoms with van der Waals surface area (Å²) in [5.74, 6) is 0.974. The monoisotopic (exact) mass is 229 g/mol. The molecule has 0 saturated carbocycles. The first-order valence-corrected chi connectivity index (χ1v) is 5.85. The number of rotatable bonds is 5. The third kappa shape index (κ3) is 2.73. The second-order valence-electron chi connectivity index (χ2n) is 4.02. The molecule has 1 N–H and O–H groups in total. The summed E-state index contributed by atoms with van der Waals surface area (Å²) in [4.78, 5) is 0. The Hall–Kier alpha value is -0.540. The van der Waals surface area contributed by atoms with Crippen LogP contribution in [-0.4, -0.2) is 23.4 Å². The van der Waals surface area contributed by atoms with Crippen molar-refractivity contribution in [3.8, 4) is 0 Å². The molecule has 0 aromatic carbocycles. The van der Waals surface area contributed by atoms with Crippen molar-refractivity contribution >= 4 is 11.6 Å². The Balaban J connectivity index is 2.88. The first-order chi connectivity index (χ1) is 7.11. The van der Waals surface area contributed by atoms with Crippen LogP contribution in [0.4, 0.5) is 0 Å². The van der Waals surface area contributed by atoms with Gasteiger partial charge in [0.25, 0.3) is 0 Å². The fraction of sp³-hybridized carbons (Fsp3) is 0.727. The molecule has 15 heavy (non-hydrogen) atoms. The molecule has 1 heterocycles. The molecule has 0 aliphatic rings. The second-order valence-corrected chi connectivity index (χ2v) is 4.42. The SMILES string of the molecule is CCn1ncc(Cl)c1C(C)C(C)CNC. The second kappa shape index (κ2) is 5.52. The minimum absolute atomic E-state index is 0.424. The van der Waals surface area contributed by atoms with E-state index in [0.717, 1.165) is 23.8 Å². The van der Waals surface area contributed by atoms with E-state index in [2.05, 4.69) is 31.2 Å². The molecule has 0 aliphatic heterocycles. The van der Waals surface area contributed by atoms with Gasteiger partial charge in [-0.05, 0) is 26.4 Å². The summed E-state index contributed by atoms with van der Waals surface area (Å²) in [5, 5.41) is 8.24. The van der Waals surface area contributed by atoms with Crippen molar-refractivity contribution in [2.75, 3.05) is 13.6 Å². The lowest BCUT2D eigenvalue weighted by molar-refractivity contribution is 0.436. The number of halogens is 1. The molecule has 4 heteroatoms. The predicted molar refractivity (Wildman–Crippen MR) is 64.4 cm³/mol. The van der Waals surface area contributed by atoms with Crippen LogP contribution in [0.2, 0.25) is 5.02 Å². The van der Waals surface area contributed by atoms with Gasteiger partial charge < -0.3 is 5.32 Å². The van der Waals surface area contributed by atoms with Crippen LogP contribution >= 0.6 is 11.6 Å². The zero-order chi connectivity index (χ0) is 11.4. The van der Waals surface area contributed by atoms with Crippen LogP contribution in [0.1, 0.15) is 32.4 Å². The Morgan fingerprint density at radius 3 is 2.73 bits per heavy atom. The van der Waals surface area contributed by atoms with Gasteiger partial charge in [0.2, 0.25) is 0 Å². The average Bonchev–Trinajstić information content (AvgIpc) is 2.58. The highest BCUT2D eigenvalue weighted by Gasteiger charge is 2.20. The molecule has 86 valence electrons. The van der Waals surface area contributed by atoms with E-state index in [1.807, 2.05) is 11.7 Å². The summed E-state index contributed by atoms with van der Waals surface area (Å²) in [6.07, 6.45) is 1.74. The molecule has 1 aromatic rings. The number of hydrogen-bond acceptors (Lipinski definition) is 2. The number of aryl methyl sites for hydroxylation is 1. The van der Waals surface area contributed by atoms with E-state index in [1.54, 1.807) is 6.20 Å². The Bertz CT molecular complexity index is 309. The molecular weight excluding hydrogens is 210 g/mol. The van der Waals surface area contributed by atoms with Gasteiger partial charge in [-0.1, -0.05) is 25.4 Å². The van der Waals surface area contributed by atoms with E-state index >= 15 is 0 Å². The van der Waals surface area contributed by atoms with Crippen LogP contribution in [0.15, 0.2) is 6.20 Å². The van der Waals surface area contributed by atoms with Gasteiger partial charge in [0.1, 0.15) is 0 Å². The maximum absolute atomic E-state index is 6.16. The maximum atomic E-state index is 6.16. The maximum Gasteiger partial charge on any atom is 0.0820 e. The molecule has 1 aromatic heterocycles. The molecule has 0 fully saturated rings. The van der Waals surface area contributed by atoms with Crippen LogP contribution in [-0.2, 0) is 6.54 Å². The standard InChI is InChI=1S/C11H20ClN3/c1-5-15-11(10(12)7-14-15)9(3)8(2)6-13-4/h7-9,13H,5-6H2,1-4H3. The van der Waals surface area contributed by atoms with Crippen molar-refractivity contribution in [2.24, 2.45) is 5.92 Å². The van der Waals surface area contributed by atoms with Gasteiger partial charge >= 0.3 is 0 Å². The van der Waals surface area contributed by atoms with E-state index in [-0.39, 0.29) is 0 Å². The lowest BCUT2D eigenvalue weighted by atomic mass is 9.92. The Morgan fingerprint density at radius 1 is 1.53 bits per heavy atom. The Kier molecular flexibility index (Phi) is 4.61. The molecule has 2 unspecified atom stereocenters. The molecular formula is C11H20ClN3. The third-order valence-electron chi connectivity index (χ3n) is 2.94. The lowest BCUT2D eigenvalue weighted by Crippen LogP contribution is -2.22. The van der Waals surface area contributed by atoms with Crippen molar-refractivity contribution in [3.63, 3.8) is 0 Å². The van der Waals surface area contributed by atoms with Crippen molar-refractivity contribution in [1.29, 1.82) is 0 Å². The lowest BCUT2D eigenvalue weighted by Gasteiger charge is -2.21. The summed E-state index contributed by atoms with van der Waals surface area (Å²) in [5.41, 5.74) is 1.15. The summed E-state index contributed by atoms with van der Waals surface area (Å²) in [6, 6.07) is 0. The van der Waals surface area contributed by atoms with Crippen LogP contribution in [0, 0.1) is 5.92 Å². The molecule has 0 spiro atoms. The molecule has 0 radical (unpaired) electrons. The zero-order valence-corrected chi connectivity index (χ0v) is 10.7. The highest BCUT2D eigenvalue weighted by molar-refractivity contribution is 6.31. The van der Waals surface area contributed by atoms with Gasteiger partial charge in [-0.3, -0.25) is 4.68 Å². The smallest absolute Gasteiger partial charge is 0.0820 e. The highest BCUT2D eigenvalue weighted by atomic mass is 35.5. The summed E-state index contributed by atoms with van der Waals surface area (Å²) in [7, 11) is 1.97. The summed E-state index contributed by atoms with van der Waals surface area (Å²) < 4.78 is 1.99. The van der Waals surface area contributed by atoms with Crippen molar-refractivity contribution in [1.82, 2.24) is 15.1 Å². The normalized spacial score (nSPS) is 15.3. The molecule has 0 saturated heterocycles. The average molecular weight is 230 g/mol. The first-order valence-electron chi connectivity index (χ1n) is 5.47. The van der Waals surface area contributed by atoms with E-state index in [9.17, 15) is 0 Å². The van der Waals surface area contributed by atoms with Crippen molar-refractivity contribution in [3.05, 3.63) is 16.9 Å². The van der Waals surface area contributed by atoms with E-state index < -0.39 is 0 Å². The van der Waals surface area contributed by atoms with Gasteiger partial charge in [-0.15, -0.1) is 0 Å². The first kappa shape index (κ1) is 12.5. The topological polar surface area (TPSA) is 29.9 Å². The fourth-order valence-corrected chi connectivity index (χ4v) is 2.16. The Labute approximate surface area is 96.8 Å². The van der Waals surface area contributed by atoms with Gasteiger partial charge in [0.05, 0.1) is 16.9 Å². The zero-order valence-electron chi connectivity index (χ0n) is 9.92.